The Morgan fingerprint density at radius 2 is 1.71 bits per heavy atom. The van der Waals surface area contributed by atoms with E-state index in [-0.39, 0.29) is 30.5 Å². The van der Waals surface area contributed by atoms with Gasteiger partial charge in [0.15, 0.2) is 6.61 Å². The number of halogens is 1. The molecule has 2 aromatic carbocycles. The van der Waals surface area contributed by atoms with E-state index in [1.807, 2.05) is 57.2 Å². The SMILES string of the molecule is CC(C)(C)NC(=O)CNC(=O)COc1ccc2cc(Br)ccc2c1. The third kappa shape index (κ3) is 5.85. The molecule has 0 saturated carbocycles. The fraction of sp³-hybridized carbons (Fsp3) is 0.333. The Hall–Kier alpha value is -2.08. The maximum absolute atomic E-state index is 11.8. The number of carbonyl (C=O) groups is 2. The van der Waals surface area contributed by atoms with Crippen molar-refractivity contribution in [3.8, 4) is 5.75 Å². The van der Waals surface area contributed by atoms with Crippen molar-refractivity contribution in [2.45, 2.75) is 26.3 Å². The molecule has 24 heavy (non-hydrogen) atoms. The van der Waals surface area contributed by atoms with Crippen molar-refractivity contribution in [2.75, 3.05) is 13.2 Å². The molecule has 2 amide bonds. The molecule has 0 aliphatic carbocycles. The summed E-state index contributed by atoms with van der Waals surface area (Å²) in [5.74, 6) is 0.0428. The van der Waals surface area contributed by atoms with E-state index in [1.54, 1.807) is 0 Å². The van der Waals surface area contributed by atoms with Gasteiger partial charge in [0.1, 0.15) is 5.75 Å². The minimum Gasteiger partial charge on any atom is -0.484 e. The quantitative estimate of drug-likeness (QED) is 0.821. The fourth-order valence-corrected chi connectivity index (χ4v) is 2.50. The number of fused-ring (bicyclic) bond motifs is 1. The van der Waals surface area contributed by atoms with Gasteiger partial charge in [-0.05, 0) is 55.8 Å². The lowest BCUT2D eigenvalue weighted by atomic mass is 10.1. The Morgan fingerprint density at radius 1 is 1.04 bits per heavy atom. The monoisotopic (exact) mass is 392 g/mol. The molecule has 0 bridgehead atoms. The Balaban J connectivity index is 1.83. The molecule has 0 saturated heterocycles. The third-order valence-electron chi connectivity index (χ3n) is 3.10. The Morgan fingerprint density at radius 3 is 2.42 bits per heavy atom. The average molecular weight is 393 g/mol. The summed E-state index contributed by atoms with van der Waals surface area (Å²) in [6.45, 7) is 5.45. The van der Waals surface area contributed by atoms with Crippen molar-refractivity contribution in [3.05, 3.63) is 40.9 Å². The van der Waals surface area contributed by atoms with Gasteiger partial charge in [0, 0.05) is 10.0 Å². The summed E-state index contributed by atoms with van der Waals surface area (Å²) < 4.78 is 6.49. The van der Waals surface area contributed by atoms with Crippen LogP contribution in [0.3, 0.4) is 0 Å². The van der Waals surface area contributed by atoms with E-state index in [9.17, 15) is 9.59 Å². The van der Waals surface area contributed by atoms with Crippen LogP contribution in [0.2, 0.25) is 0 Å². The summed E-state index contributed by atoms with van der Waals surface area (Å²) in [6.07, 6.45) is 0. The minimum absolute atomic E-state index is 0.0643. The molecule has 0 radical (unpaired) electrons. The number of carbonyl (C=O) groups excluding carboxylic acids is 2. The summed E-state index contributed by atoms with van der Waals surface area (Å²) in [4.78, 5) is 23.4. The third-order valence-corrected chi connectivity index (χ3v) is 3.60. The molecule has 5 nitrogen and oxygen atoms in total. The van der Waals surface area contributed by atoms with Crippen molar-refractivity contribution in [1.82, 2.24) is 10.6 Å². The fourth-order valence-electron chi connectivity index (χ4n) is 2.13. The number of ether oxygens (including phenoxy) is 1. The van der Waals surface area contributed by atoms with Crippen molar-refractivity contribution < 1.29 is 14.3 Å². The highest BCUT2D eigenvalue weighted by atomic mass is 79.9. The lowest BCUT2D eigenvalue weighted by molar-refractivity contribution is -0.127. The first kappa shape index (κ1) is 18.3. The van der Waals surface area contributed by atoms with E-state index in [0.717, 1.165) is 15.2 Å². The molecular weight excluding hydrogens is 372 g/mol. The number of nitrogens with one attached hydrogen (secondary N) is 2. The maximum atomic E-state index is 11.8. The van der Waals surface area contributed by atoms with Crippen LogP contribution < -0.4 is 15.4 Å². The lowest BCUT2D eigenvalue weighted by Gasteiger charge is -2.20. The van der Waals surface area contributed by atoms with E-state index in [0.29, 0.717) is 5.75 Å². The summed E-state index contributed by atoms with van der Waals surface area (Å²) in [5, 5.41) is 7.42. The van der Waals surface area contributed by atoms with Crippen LogP contribution in [0.25, 0.3) is 10.8 Å². The Kier molecular flexibility index (Phi) is 5.83. The predicted molar refractivity (Wildman–Crippen MR) is 98.0 cm³/mol. The Labute approximate surface area is 149 Å². The lowest BCUT2D eigenvalue weighted by Crippen LogP contribution is -2.46. The van der Waals surface area contributed by atoms with Crippen molar-refractivity contribution >= 4 is 38.5 Å². The van der Waals surface area contributed by atoms with Crippen LogP contribution in [-0.2, 0) is 9.59 Å². The van der Waals surface area contributed by atoms with Crippen molar-refractivity contribution in [3.63, 3.8) is 0 Å². The van der Waals surface area contributed by atoms with Crippen molar-refractivity contribution in [2.24, 2.45) is 0 Å². The zero-order valence-electron chi connectivity index (χ0n) is 14.0. The van der Waals surface area contributed by atoms with E-state index < -0.39 is 0 Å². The molecule has 0 heterocycles. The second kappa shape index (κ2) is 7.66. The summed E-state index contributed by atoms with van der Waals surface area (Å²) in [6, 6.07) is 11.6. The minimum atomic E-state index is -0.338. The molecule has 2 aromatic rings. The van der Waals surface area contributed by atoms with Gasteiger partial charge in [0.2, 0.25) is 5.91 Å². The van der Waals surface area contributed by atoms with Gasteiger partial charge in [-0.3, -0.25) is 9.59 Å². The molecule has 0 aliphatic heterocycles. The highest BCUT2D eigenvalue weighted by Gasteiger charge is 2.14. The van der Waals surface area contributed by atoms with Crippen LogP contribution in [0.15, 0.2) is 40.9 Å². The second-order valence-corrected chi connectivity index (χ2v) is 7.43. The largest absolute Gasteiger partial charge is 0.484 e. The Bertz CT molecular complexity index is 754. The van der Waals surface area contributed by atoms with Gasteiger partial charge in [-0.2, -0.15) is 0 Å². The number of benzene rings is 2. The molecule has 128 valence electrons. The molecule has 0 aromatic heterocycles. The highest BCUT2D eigenvalue weighted by Crippen LogP contribution is 2.24. The van der Waals surface area contributed by atoms with Gasteiger partial charge < -0.3 is 15.4 Å². The van der Waals surface area contributed by atoms with Gasteiger partial charge in [-0.25, -0.2) is 0 Å². The van der Waals surface area contributed by atoms with Gasteiger partial charge in [0.05, 0.1) is 6.54 Å². The first-order valence-electron chi connectivity index (χ1n) is 7.63. The standard InChI is InChI=1S/C18H21BrN2O3/c1-18(2,3)21-16(22)10-20-17(23)11-24-15-7-5-12-8-14(19)6-4-13(12)9-15/h4-9H,10-11H2,1-3H3,(H,20,23)(H,21,22). The molecule has 6 heteroatoms. The van der Waals surface area contributed by atoms with Gasteiger partial charge in [-0.15, -0.1) is 0 Å². The molecule has 0 atom stereocenters. The average Bonchev–Trinajstić information content (AvgIpc) is 2.49. The number of amides is 2. The van der Waals surface area contributed by atoms with Crippen LogP contribution in [0, 0.1) is 0 Å². The van der Waals surface area contributed by atoms with E-state index in [4.69, 9.17) is 4.74 Å². The van der Waals surface area contributed by atoms with Crippen LogP contribution in [0.5, 0.6) is 5.75 Å². The summed E-state index contributed by atoms with van der Waals surface area (Å²) in [5.41, 5.74) is -0.321. The second-order valence-electron chi connectivity index (χ2n) is 6.52. The normalized spacial score (nSPS) is 11.2. The van der Waals surface area contributed by atoms with Crippen molar-refractivity contribution in [1.29, 1.82) is 0 Å². The zero-order chi connectivity index (χ0) is 17.7. The molecule has 0 fully saturated rings. The van der Waals surface area contributed by atoms with Crippen LogP contribution in [-0.4, -0.2) is 30.5 Å². The predicted octanol–water partition coefficient (Wildman–Crippen LogP) is 3.01. The summed E-state index contributed by atoms with van der Waals surface area (Å²) >= 11 is 3.43. The van der Waals surface area contributed by atoms with E-state index in [1.165, 1.54) is 0 Å². The smallest absolute Gasteiger partial charge is 0.258 e. The topological polar surface area (TPSA) is 67.4 Å². The number of rotatable bonds is 5. The van der Waals surface area contributed by atoms with E-state index in [2.05, 4.69) is 26.6 Å². The first-order valence-corrected chi connectivity index (χ1v) is 8.42. The van der Waals surface area contributed by atoms with Gasteiger partial charge in [-0.1, -0.05) is 28.1 Å². The summed E-state index contributed by atoms with van der Waals surface area (Å²) in [7, 11) is 0. The van der Waals surface area contributed by atoms with Crippen LogP contribution >= 0.6 is 15.9 Å². The molecular formula is C18H21BrN2O3. The zero-order valence-corrected chi connectivity index (χ0v) is 15.6. The molecule has 0 unspecified atom stereocenters. The maximum Gasteiger partial charge on any atom is 0.258 e. The highest BCUT2D eigenvalue weighted by molar-refractivity contribution is 9.10. The molecule has 0 spiro atoms. The first-order chi connectivity index (χ1) is 11.2. The molecule has 2 rings (SSSR count). The van der Waals surface area contributed by atoms with E-state index >= 15 is 0 Å². The molecule has 2 N–H and O–H groups in total. The van der Waals surface area contributed by atoms with Gasteiger partial charge >= 0.3 is 0 Å². The number of hydrogen-bond donors (Lipinski definition) is 2. The van der Waals surface area contributed by atoms with Gasteiger partial charge in [0.25, 0.3) is 5.91 Å². The molecule has 0 aliphatic rings. The van der Waals surface area contributed by atoms with Crippen LogP contribution in [0.1, 0.15) is 20.8 Å². The van der Waals surface area contributed by atoms with Crippen LogP contribution in [0.4, 0.5) is 0 Å². The number of hydrogen-bond acceptors (Lipinski definition) is 3.